The highest BCUT2D eigenvalue weighted by molar-refractivity contribution is 5.76. The van der Waals surface area contributed by atoms with Crippen LogP contribution in [0.4, 0.5) is 0 Å². The third kappa shape index (κ3) is 2.97. The first-order valence-corrected chi connectivity index (χ1v) is 4.53. The third-order valence-electron chi connectivity index (χ3n) is 1.91. The van der Waals surface area contributed by atoms with Gasteiger partial charge in [0.2, 0.25) is 0 Å². The number of carbonyl (C=O) groups excluding carboxylic acids is 1. The van der Waals surface area contributed by atoms with Crippen LogP contribution in [0.25, 0.3) is 0 Å². The second-order valence-electron chi connectivity index (χ2n) is 3.76. The van der Waals surface area contributed by atoms with Crippen molar-refractivity contribution in [1.29, 1.82) is 0 Å². The van der Waals surface area contributed by atoms with Gasteiger partial charge in [-0.25, -0.2) is 4.79 Å². The Labute approximate surface area is 77.8 Å². The maximum atomic E-state index is 11.2. The van der Waals surface area contributed by atoms with Gasteiger partial charge in [-0.2, -0.15) is 0 Å². The molecule has 0 spiro atoms. The normalized spacial score (nSPS) is 29.1. The highest BCUT2D eigenvalue weighted by Gasteiger charge is 2.37. The third-order valence-corrected chi connectivity index (χ3v) is 1.91. The van der Waals surface area contributed by atoms with Crippen molar-refractivity contribution in [1.82, 2.24) is 0 Å². The largest absolute Gasteiger partial charge is 0.460 e. The smallest absolute Gasteiger partial charge is 0.335 e. The van der Waals surface area contributed by atoms with Crippen LogP contribution in [-0.2, 0) is 14.3 Å². The van der Waals surface area contributed by atoms with Gasteiger partial charge < -0.3 is 14.6 Å². The van der Waals surface area contributed by atoms with Gasteiger partial charge in [-0.1, -0.05) is 6.92 Å². The van der Waals surface area contributed by atoms with Gasteiger partial charge in [0.25, 0.3) is 0 Å². The Morgan fingerprint density at radius 1 is 1.69 bits per heavy atom. The lowest BCUT2D eigenvalue weighted by molar-refractivity contribution is -0.207. The number of ether oxygens (including phenoxy) is 2. The zero-order chi connectivity index (χ0) is 10.1. The summed E-state index contributed by atoms with van der Waals surface area (Å²) >= 11 is 0. The molecule has 0 radical (unpaired) electrons. The lowest BCUT2D eigenvalue weighted by atomic mass is 10.1. The van der Waals surface area contributed by atoms with Crippen LogP contribution in [0.5, 0.6) is 0 Å². The van der Waals surface area contributed by atoms with Crippen molar-refractivity contribution in [2.45, 2.75) is 51.6 Å². The highest BCUT2D eigenvalue weighted by atomic mass is 16.7. The summed E-state index contributed by atoms with van der Waals surface area (Å²) in [5, 5.41) is 9.32. The molecule has 76 valence electrons. The van der Waals surface area contributed by atoms with Crippen LogP contribution in [-0.4, -0.2) is 29.1 Å². The quantitative estimate of drug-likeness (QED) is 0.526. The Bertz CT molecular complexity index is 194. The molecule has 0 aromatic rings. The molecule has 1 N–H and O–H groups in total. The highest BCUT2D eigenvalue weighted by Crippen LogP contribution is 2.23. The molecule has 2 atom stereocenters. The molecule has 0 saturated carbocycles. The maximum Gasteiger partial charge on any atom is 0.335 e. The maximum absolute atomic E-state index is 11.2. The minimum absolute atomic E-state index is 0.0557. The van der Waals surface area contributed by atoms with E-state index < -0.39 is 11.9 Å². The molecule has 1 saturated heterocycles. The Kier molecular flexibility index (Phi) is 2.93. The zero-order valence-electron chi connectivity index (χ0n) is 8.24. The summed E-state index contributed by atoms with van der Waals surface area (Å²) in [6, 6.07) is 0. The zero-order valence-corrected chi connectivity index (χ0v) is 8.24. The van der Waals surface area contributed by atoms with Gasteiger partial charge in [0.05, 0.1) is 0 Å². The second-order valence-corrected chi connectivity index (χ2v) is 3.76. The van der Waals surface area contributed by atoms with E-state index in [2.05, 4.69) is 0 Å². The molecule has 1 fully saturated rings. The number of hydrogen-bond donors (Lipinski definition) is 1. The van der Waals surface area contributed by atoms with E-state index in [1.54, 1.807) is 0 Å². The van der Waals surface area contributed by atoms with Crippen molar-refractivity contribution >= 4 is 5.97 Å². The molecular weight excluding hydrogens is 172 g/mol. The number of hydrogen-bond acceptors (Lipinski definition) is 4. The van der Waals surface area contributed by atoms with Crippen LogP contribution in [0.3, 0.4) is 0 Å². The van der Waals surface area contributed by atoms with E-state index in [-0.39, 0.29) is 12.1 Å². The van der Waals surface area contributed by atoms with Crippen molar-refractivity contribution in [2.75, 3.05) is 0 Å². The van der Waals surface area contributed by atoms with Crippen molar-refractivity contribution in [3.8, 4) is 0 Å². The lowest BCUT2D eigenvalue weighted by Crippen LogP contribution is -2.32. The first-order chi connectivity index (χ1) is 5.92. The summed E-state index contributed by atoms with van der Waals surface area (Å²) in [6.07, 6.45) is 0.668. The molecule has 0 bridgehead atoms. The Morgan fingerprint density at radius 2 is 2.31 bits per heavy atom. The minimum Gasteiger partial charge on any atom is -0.460 e. The first-order valence-electron chi connectivity index (χ1n) is 4.53. The fourth-order valence-electron chi connectivity index (χ4n) is 1.32. The van der Waals surface area contributed by atoms with Crippen LogP contribution >= 0.6 is 0 Å². The average Bonchev–Trinajstić information content (AvgIpc) is 2.29. The SMILES string of the molecule is CC[C@H]1C[C@@H](OC(C)(C)O)C(=O)O1. The van der Waals surface area contributed by atoms with E-state index in [0.29, 0.717) is 6.42 Å². The fraction of sp³-hybridized carbons (Fsp3) is 0.889. The van der Waals surface area contributed by atoms with E-state index in [1.807, 2.05) is 6.92 Å². The van der Waals surface area contributed by atoms with Gasteiger partial charge in [-0.15, -0.1) is 0 Å². The van der Waals surface area contributed by atoms with Crippen molar-refractivity contribution in [2.24, 2.45) is 0 Å². The number of rotatable bonds is 3. The molecule has 1 rings (SSSR count). The molecule has 1 aliphatic heterocycles. The molecule has 4 heteroatoms. The standard InChI is InChI=1S/C9H16O4/c1-4-6-5-7(8(10)12-6)13-9(2,3)11/h6-7,11H,4-5H2,1-3H3/t6-,7+/m0/s1. The Morgan fingerprint density at radius 3 is 2.69 bits per heavy atom. The van der Waals surface area contributed by atoms with Gasteiger partial charge in [0.15, 0.2) is 11.9 Å². The molecule has 0 unspecified atom stereocenters. The van der Waals surface area contributed by atoms with E-state index in [4.69, 9.17) is 9.47 Å². The fourth-order valence-corrected chi connectivity index (χ4v) is 1.32. The number of carbonyl (C=O) groups is 1. The molecule has 0 aromatic heterocycles. The van der Waals surface area contributed by atoms with E-state index in [1.165, 1.54) is 13.8 Å². The molecule has 1 heterocycles. The first kappa shape index (κ1) is 10.5. The Hall–Kier alpha value is -0.610. The van der Waals surface area contributed by atoms with E-state index in [9.17, 15) is 9.90 Å². The summed E-state index contributed by atoms with van der Waals surface area (Å²) in [6.45, 7) is 4.95. The van der Waals surface area contributed by atoms with E-state index >= 15 is 0 Å². The number of cyclic esters (lactones) is 1. The molecular formula is C9H16O4. The van der Waals surface area contributed by atoms with Gasteiger partial charge in [-0.05, 0) is 20.3 Å². The summed E-state index contributed by atoms with van der Waals surface area (Å²) in [7, 11) is 0. The molecule has 0 amide bonds. The predicted molar refractivity (Wildman–Crippen MR) is 46.0 cm³/mol. The van der Waals surface area contributed by atoms with Gasteiger partial charge in [-0.3, -0.25) is 0 Å². The molecule has 0 aliphatic carbocycles. The summed E-state index contributed by atoms with van der Waals surface area (Å²) in [5.41, 5.74) is 0. The van der Waals surface area contributed by atoms with Crippen LogP contribution < -0.4 is 0 Å². The topological polar surface area (TPSA) is 55.8 Å². The molecule has 4 nitrogen and oxygen atoms in total. The Balaban J connectivity index is 2.49. The van der Waals surface area contributed by atoms with Gasteiger partial charge in [0, 0.05) is 6.42 Å². The van der Waals surface area contributed by atoms with Gasteiger partial charge in [0.1, 0.15) is 6.10 Å². The van der Waals surface area contributed by atoms with Crippen LogP contribution in [0.1, 0.15) is 33.6 Å². The van der Waals surface area contributed by atoms with Crippen molar-refractivity contribution < 1.29 is 19.4 Å². The van der Waals surface area contributed by atoms with Crippen molar-refractivity contribution in [3.63, 3.8) is 0 Å². The second kappa shape index (κ2) is 3.64. The average molecular weight is 188 g/mol. The van der Waals surface area contributed by atoms with Crippen LogP contribution in [0.2, 0.25) is 0 Å². The van der Waals surface area contributed by atoms with Gasteiger partial charge >= 0.3 is 5.97 Å². The predicted octanol–water partition coefficient (Wildman–Crippen LogP) is 0.825. The lowest BCUT2D eigenvalue weighted by Gasteiger charge is -2.20. The van der Waals surface area contributed by atoms with Crippen molar-refractivity contribution in [3.05, 3.63) is 0 Å². The summed E-state index contributed by atoms with van der Waals surface area (Å²) in [4.78, 5) is 11.2. The monoisotopic (exact) mass is 188 g/mol. The molecule has 0 aromatic carbocycles. The summed E-state index contributed by atoms with van der Waals surface area (Å²) < 4.78 is 10.1. The molecule has 1 aliphatic rings. The van der Waals surface area contributed by atoms with Crippen LogP contribution in [0.15, 0.2) is 0 Å². The number of aliphatic hydroxyl groups is 1. The summed E-state index contributed by atoms with van der Waals surface area (Å²) in [5.74, 6) is -1.64. The number of esters is 1. The molecule has 13 heavy (non-hydrogen) atoms. The van der Waals surface area contributed by atoms with E-state index in [0.717, 1.165) is 6.42 Å². The van der Waals surface area contributed by atoms with Crippen LogP contribution in [0, 0.1) is 0 Å². The minimum atomic E-state index is -1.27.